The highest BCUT2D eigenvalue weighted by molar-refractivity contribution is 5.25. The number of rotatable bonds is 11. The predicted molar refractivity (Wildman–Crippen MR) is 90.1 cm³/mol. The van der Waals surface area contributed by atoms with Crippen molar-refractivity contribution in [3.63, 3.8) is 0 Å². The first-order valence-corrected chi connectivity index (χ1v) is 8.55. The van der Waals surface area contributed by atoms with Gasteiger partial charge >= 0.3 is 0 Å². The summed E-state index contributed by atoms with van der Waals surface area (Å²) in [7, 11) is 2.01. The first kappa shape index (κ1) is 18.2. The third kappa shape index (κ3) is 6.18. The molecule has 0 saturated carbocycles. The summed E-state index contributed by atoms with van der Waals surface area (Å²) in [5.41, 5.74) is 6.73. The van der Waals surface area contributed by atoms with Gasteiger partial charge in [0.2, 0.25) is 0 Å². The van der Waals surface area contributed by atoms with Gasteiger partial charge in [-0.05, 0) is 32.3 Å². The minimum atomic E-state index is 0.363. The fourth-order valence-electron chi connectivity index (χ4n) is 2.95. The van der Waals surface area contributed by atoms with Crippen molar-refractivity contribution in [1.82, 2.24) is 15.2 Å². The lowest BCUT2D eigenvalue weighted by Gasteiger charge is -2.16. The normalized spacial score (nSPS) is 12.8. The molecule has 21 heavy (non-hydrogen) atoms. The van der Waals surface area contributed by atoms with E-state index >= 15 is 0 Å². The second-order valence-corrected chi connectivity index (χ2v) is 6.25. The number of aromatic nitrogens is 2. The molecule has 0 bridgehead atoms. The fourth-order valence-corrected chi connectivity index (χ4v) is 2.95. The Balaban J connectivity index is 2.29. The summed E-state index contributed by atoms with van der Waals surface area (Å²) < 4.78 is 1.96. The summed E-state index contributed by atoms with van der Waals surface area (Å²) in [5, 5.41) is 4.48. The third-order valence-corrected chi connectivity index (χ3v) is 4.50. The summed E-state index contributed by atoms with van der Waals surface area (Å²) in [5.74, 6) is 5.73. The average molecular weight is 294 g/mol. The van der Waals surface area contributed by atoms with E-state index in [2.05, 4.69) is 31.3 Å². The largest absolute Gasteiger partial charge is 0.272 e. The highest BCUT2D eigenvalue weighted by Gasteiger charge is 2.14. The molecule has 0 radical (unpaired) electrons. The minimum absolute atomic E-state index is 0.363. The topological polar surface area (TPSA) is 55.9 Å². The summed E-state index contributed by atoms with van der Waals surface area (Å²) in [6.07, 6.45) is 11.6. The zero-order valence-corrected chi connectivity index (χ0v) is 14.4. The molecule has 122 valence electrons. The second kappa shape index (κ2) is 9.96. The molecule has 1 rings (SSSR count). The second-order valence-electron chi connectivity index (χ2n) is 6.25. The van der Waals surface area contributed by atoms with Crippen LogP contribution in [0, 0.1) is 13.8 Å². The van der Waals surface area contributed by atoms with E-state index < -0.39 is 0 Å². The van der Waals surface area contributed by atoms with Gasteiger partial charge in [-0.2, -0.15) is 5.10 Å². The predicted octanol–water partition coefficient (Wildman–Crippen LogP) is 3.55. The van der Waals surface area contributed by atoms with Gasteiger partial charge in [0.15, 0.2) is 0 Å². The third-order valence-electron chi connectivity index (χ3n) is 4.50. The van der Waals surface area contributed by atoms with E-state index in [4.69, 9.17) is 5.84 Å². The molecule has 1 aromatic rings. The lowest BCUT2D eigenvalue weighted by atomic mass is 9.99. The maximum atomic E-state index is 5.73. The van der Waals surface area contributed by atoms with Crippen LogP contribution < -0.4 is 11.3 Å². The van der Waals surface area contributed by atoms with Gasteiger partial charge in [0.25, 0.3) is 0 Å². The highest BCUT2D eigenvalue weighted by atomic mass is 15.3. The lowest BCUT2D eigenvalue weighted by molar-refractivity contribution is 0.457. The van der Waals surface area contributed by atoms with Crippen molar-refractivity contribution in [2.45, 2.75) is 84.6 Å². The molecule has 0 amide bonds. The van der Waals surface area contributed by atoms with E-state index in [-0.39, 0.29) is 0 Å². The van der Waals surface area contributed by atoms with Crippen LogP contribution in [0.2, 0.25) is 0 Å². The Morgan fingerprint density at radius 3 is 2.24 bits per heavy atom. The smallest absolute Gasteiger partial charge is 0.0628 e. The molecular weight excluding hydrogens is 260 g/mol. The SMILES string of the molecule is CCCCCCCCCC(Cc1c(C)nn(C)c1C)NN. The van der Waals surface area contributed by atoms with E-state index in [9.17, 15) is 0 Å². The zero-order valence-electron chi connectivity index (χ0n) is 14.4. The van der Waals surface area contributed by atoms with Crippen LogP contribution in [0.4, 0.5) is 0 Å². The van der Waals surface area contributed by atoms with E-state index in [1.807, 2.05) is 11.7 Å². The Kier molecular flexibility index (Phi) is 8.62. The van der Waals surface area contributed by atoms with E-state index in [1.54, 1.807) is 0 Å². The lowest BCUT2D eigenvalue weighted by Crippen LogP contribution is -2.37. The van der Waals surface area contributed by atoms with E-state index in [0.29, 0.717) is 6.04 Å². The summed E-state index contributed by atoms with van der Waals surface area (Å²) >= 11 is 0. The Labute approximate surface area is 130 Å². The Morgan fingerprint density at radius 1 is 1.10 bits per heavy atom. The molecule has 1 unspecified atom stereocenters. The van der Waals surface area contributed by atoms with Crippen molar-refractivity contribution in [2.24, 2.45) is 12.9 Å². The molecule has 3 N–H and O–H groups in total. The van der Waals surface area contributed by atoms with Crippen LogP contribution in [0.15, 0.2) is 0 Å². The molecule has 0 aliphatic carbocycles. The van der Waals surface area contributed by atoms with Crippen LogP contribution >= 0.6 is 0 Å². The van der Waals surface area contributed by atoms with Crippen molar-refractivity contribution in [2.75, 3.05) is 0 Å². The molecule has 0 aromatic carbocycles. The quantitative estimate of drug-likeness (QED) is 0.373. The van der Waals surface area contributed by atoms with Crippen LogP contribution in [-0.4, -0.2) is 15.8 Å². The number of nitrogens with one attached hydrogen (secondary N) is 1. The first-order valence-electron chi connectivity index (χ1n) is 8.55. The number of nitrogens with zero attached hydrogens (tertiary/aromatic N) is 2. The average Bonchev–Trinajstić information content (AvgIpc) is 2.71. The molecular formula is C17H34N4. The van der Waals surface area contributed by atoms with Crippen LogP contribution in [0.3, 0.4) is 0 Å². The molecule has 1 aromatic heterocycles. The maximum absolute atomic E-state index is 5.73. The molecule has 0 fully saturated rings. The monoisotopic (exact) mass is 294 g/mol. The zero-order chi connectivity index (χ0) is 15.7. The van der Waals surface area contributed by atoms with Gasteiger partial charge in [-0.15, -0.1) is 0 Å². The van der Waals surface area contributed by atoms with Gasteiger partial charge in [-0.1, -0.05) is 51.9 Å². The first-order chi connectivity index (χ1) is 10.1. The Bertz CT molecular complexity index is 398. The van der Waals surface area contributed by atoms with Gasteiger partial charge in [0.1, 0.15) is 0 Å². The van der Waals surface area contributed by atoms with Crippen molar-refractivity contribution >= 4 is 0 Å². The molecule has 0 aliphatic heterocycles. The number of aryl methyl sites for hydroxylation is 2. The van der Waals surface area contributed by atoms with E-state index in [1.165, 1.54) is 56.2 Å². The molecule has 4 heteroatoms. The number of hydrogen-bond donors (Lipinski definition) is 2. The van der Waals surface area contributed by atoms with Crippen LogP contribution in [0.1, 0.15) is 75.2 Å². The van der Waals surface area contributed by atoms with Gasteiger partial charge < -0.3 is 0 Å². The number of unbranched alkanes of at least 4 members (excludes halogenated alkanes) is 6. The number of hydrogen-bond acceptors (Lipinski definition) is 3. The van der Waals surface area contributed by atoms with Crippen molar-refractivity contribution < 1.29 is 0 Å². The summed E-state index contributed by atoms with van der Waals surface area (Å²) in [6, 6.07) is 0.363. The summed E-state index contributed by atoms with van der Waals surface area (Å²) in [4.78, 5) is 0. The van der Waals surface area contributed by atoms with Crippen molar-refractivity contribution in [1.29, 1.82) is 0 Å². The Morgan fingerprint density at radius 2 is 1.71 bits per heavy atom. The van der Waals surface area contributed by atoms with Gasteiger partial charge in [0.05, 0.1) is 5.69 Å². The summed E-state index contributed by atoms with van der Waals surface area (Å²) in [6.45, 7) is 6.49. The minimum Gasteiger partial charge on any atom is -0.272 e. The van der Waals surface area contributed by atoms with Gasteiger partial charge in [-0.3, -0.25) is 16.0 Å². The molecule has 4 nitrogen and oxygen atoms in total. The van der Waals surface area contributed by atoms with Gasteiger partial charge in [0, 0.05) is 18.8 Å². The van der Waals surface area contributed by atoms with Crippen LogP contribution in [0.5, 0.6) is 0 Å². The highest BCUT2D eigenvalue weighted by Crippen LogP contribution is 2.17. The van der Waals surface area contributed by atoms with Gasteiger partial charge in [-0.25, -0.2) is 0 Å². The number of nitrogens with two attached hydrogens (primary N) is 1. The van der Waals surface area contributed by atoms with E-state index in [0.717, 1.165) is 18.5 Å². The fraction of sp³-hybridized carbons (Fsp3) is 0.824. The molecule has 1 atom stereocenters. The molecule has 0 saturated heterocycles. The van der Waals surface area contributed by atoms with Crippen LogP contribution in [-0.2, 0) is 13.5 Å². The standard InChI is InChI=1S/C17H34N4/c1-5-6-7-8-9-10-11-12-16(19-18)13-17-14(2)20-21(4)15(17)3/h16,19H,5-13,18H2,1-4H3. The number of hydrazine groups is 1. The molecule has 0 aliphatic rings. The van der Waals surface area contributed by atoms with Crippen molar-refractivity contribution in [3.8, 4) is 0 Å². The molecule has 1 heterocycles. The maximum Gasteiger partial charge on any atom is 0.0628 e. The molecule has 0 spiro atoms. The van der Waals surface area contributed by atoms with Crippen LogP contribution in [0.25, 0.3) is 0 Å². The van der Waals surface area contributed by atoms with Crippen molar-refractivity contribution in [3.05, 3.63) is 17.0 Å². The Hall–Kier alpha value is -0.870.